The molecule has 1 aliphatic heterocycles. The maximum atomic E-state index is 13.2. The van der Waals surface area contributed by atoms with E-state index >= 15 is 0 Å². The van der Waals surface area contributed by atoms with E-state index < -0.39 is 24.0 Å². The summed E-state index contributed by atoms with van der Waals surface area (Å²) in [5, 5.41) is 9.04. The molecule has 0 saturated carbocycles. The summed E-state index contributed by atoms with van der Waals surface area (Å²) in [5.74, 6) is 0. The first-order valence-electron chi connectivity index (χ1n) is 6.76. The average molecular weight is 472 g/mol. The topological polar surface area (TPSA) is 106 Å². The summed E-state index contributed by atoms with van der Waals surface area (Å²) in [6.45, 7) is 2.85. The van der Waals surface area contributed by atoms with Crippen LogP contribution in [0, 0.1) is 0 Å². The summed E-state index contributed by atoms with van der Waals surface area (Å²) in [7, 11) is -7.00. The fraction of sp³-hybridized carbons (Fsp3) is 1.00. The Morgan fingerprint density at radius 3 is 2.73 bits per heavy atom. The predicted octanol–water partition coefficient (Wildman–Crippen LogP) is 1.37. The van der Waals surface area contributed by atoms with Gasteiger partial charge in [0.15, 0.2) is 6.23 Å². The minimum atomic E-state index is -3.60. The summed E-state index contributed by atoms with van der Waals surface area (Å²) in [4.78, 5) is 4.39. The Morgan fingerprint density at radius 1 is 1.55 bits per heavy atom. The summed E-state index contributed by atoms with van der Waals surface area (Å²) >= 11 is 2.17. The lowest BCUT2D eigenvalue weighted by atomic mass is 10.4. The van der Waals surface area contributed by atoms with Crippen LogP contribution in [0.5, 0.6) is 0 Å². The summed E-state index contributed by atoms with van der Waals surface area (Å²) in [6, 6.07) is 0. The molecule has 0 aromatic heterocycles. The molecule has 12 heteroatoms. The van der Waals surface area contributed by atoms with Crippen molar-refractivity contribution < 1.29 is 31.8 Å². The number of alkyl halides is 1. The molecule has 2 atom stereocenters. The lowest BCUT2D eigenvalue weighted by Crippen LogP contribution is -2.46. The highest BCUT2D eigenvalue weighted by Crippen LogP contribution is 2.57. The van der Waals surface area contributed by atoms with Crippen molar-refractivity contribution in [1.29, 1.82) is 0 Å². The Labute approximate surface area is 144 Å². The maximum Gasteiger partial charge on any atom is 0.348 e. The van der Waals surface area contributed by atoms with Crippen molar-refractivity contribution in [3.8, 4) is 0 Å². The van der Waals surface area contributed by atoms with Gasteiger partial charge in [-0.15, -0.1) is 0 Å². The first kappa shape index (κ1) is 20.7. The molecule has 1 fully saturated rings. The third-order valence-electron chi connectivity index (χ3n) is 3.09. The molecule has 0 aromatic carbocycles. The molecule has 1 aliphatic rings. The second-order valence-electron chi connectivity index (χ2n) is 4.60. The van der Waals surface area contributed by atoms with Crippen LogP contribution in [-0.4, -0.2) is 72.8 Å². The Morgan fingerprint density at radius 2 is 2.23 bits per heavy atom. The van der Waals surface area contributed by atoms with Crippen LogP contribution in [0.15, 0.2) is 0 Å². The van der Waals surface area contributed by atoms with E-state index in [9.17, 15) is 13.0 Å². The van der Waals surface area contributed by atoms with Gasteiger partial charge in [0.2, 0.25) is 0 Å². The second-order valence-corrected chi connectivity index (χ2v) is 9.64. The van der Waals surface area contributed by atoms with E-state index in [0.717, 1.165) is 10.7 Å². The molecule has 1 saturated heterocycles. The SMILES string of the molecule is CCN(CCI)P1(=O)OCCC(OO)N1CCOS(C)(=O)=O. The predicted molar refractivity (Wildman–Crippen MR) is 89.3 cm³/mol. The zero-order chi connectivity index (χ0) is 16.8. The Bertz CT molecular complexity index is 492. The van der Waals surface area contributed by atoms with E-state index in [2.05, 4.69) is 31.7 Å². The number of halogens is 1. The monoisotopic (exact) mass is 472 g/mol. The minimum absolute atomic E-state index is 0.00663. The van der Waals surface area contributed by atoms with E-state index in [-0.39, 0.29) is 19.8 Å². The average Bonchev–Trinajstić information content (AvgIpc) is 2.45. The van der Waals surface area contributed by atoms with Gasteiger partial charge in [0, 0.05) is 30.5 Å². The van der Waals surface area contributed by atoms with Crippen LogP contribution in [0.1, 0.15) is 13.3 Å². The molecule has 0 aliphatic carbocycles. The van der Waals surface area contributed by atoms with Gasteiger partial charge in [0.25, 0.3) is 10.1 Å². The van der Waals surface area contributed by atoms with Crippen molar-refractivity contribution in [2.75, 3.05) is 43.5 Å². The molecule has 1 heterocycles. The van der Waals surface area contributed by atoms with Gasteiger partial charge in [-0.05, 0) is 0 Å². The smallest absolute Gasteiger partial charge is 0.306 e. The normalized spacial score (nSPS) is 27.4. The number of rotatable bonds is 9. The maximum absolute atomic E-state index is 13.2. The van der Waals surface area contributed by atoms with E-state index in [4.69, 9.17) is 9.78 Å². The number of hydrogen-bond acceptors (Lipinski definition) is 7. The van der Waals surface area contributed by atoms with E-state index in [1.54, 1.807) is 4.67 Å². The van der Waals surface area contributed by atoms with Crippen molar-refractivity contribution in [3.05, 3.63) is 0 Å². The van der Waals surface area contributed by atoms with Crippen LogP contribution in [-0.2, 0) is 28.3 Å². The van der Waals surface area contributed by atoms with Crippen LogP contribution in [0.25, 0.3) is 0 Å². The van der Waals surface area contributed by atoms with Crippen molar-refractivity contribution >= 4 is 40.4 Å². The third kappa shape index (κ3) is 5.64. The van der Waals surface area contributed by atoms with Crippen LogP contribution < -0.4 is 0 Å². The van der Waals surface area contributed by atoms with Gasteiger partial charge >= 0.3 is 7.67 Å². The van der Waals surface area contributed by atoms with E-state index in [0.29, 0.717) is 19.5 Å². The minimum Gasteiger partial charge on any atom is -0.306 e. The largest absolute Gasteiger partial charge is 0.348 e. The van der Waals surface area contributed by atoms with Gasteiger partial charge < -0.3 is 4.52 Å². The lowest BCUT2D eigenvalue weighted by Gasteiger charge is -2.43. The van der Waals surface area contributed by atoms with Gasteiger partial charge in [-0.25, -0.2) is 9.56 Å². The van der Waals surface area contributed by atoms with Crippen molar-refractivity contribution in [2.45, 2.75) is 19.6 Å². The first-order chi connectivity index (χ1) is 10.3. The molecule has 132 valence electrons. The second kappa shape index (κ2) is 9.23. The summed E-state index contributed by atoms with van der Waals surface area (Å²) < 4.78 is 49.3. The quantitative estimate of drug-likeness (QED) is 0.133. The molecule has 0 spiro atoms. The molecule has 22 heavy (non-hydrogen) atoms. The Kier molecular flexibility index (Phi) is 8.69. The molecule has 9 nitrogen and oxygen atoms in total. The van der Waals surface area contributed by atoms with Crippen LogP contribution >= 0.6 is 30.3 Å². The van der Waals surface area contributed by atoms with Gasteiger partial charge in [-0.1, -0.05) is 29.5 Å². The summed E-state index contributed by atoms with van der Waals surface area (Å²) in [5.41, 5.74) is 0. The van der Waals surface area contributed by atoms with Gasteiger partial charge in [0.05, 0.1) is 19.5 Å². The van der Waals surface area contributed by atoms with Gasteiger partial charge in [0.1, 0.15) is 0 Å². The van der Waals surface area contributed by atoms with Crippen LogP contribution in [0.2, 0.25) is 0 Å². The van der Waals surface area contributed by atoms with Crippen LogP contribution in [0.4, 0.5) is 0 Å². The molecule has 0 aromatic rings. The molecule has 0 bridgehead atoms. The Balaban J connectivity index is 2.92. The van der Waals surface area contributed by atoms with Gasteiger partial charge in [-0.2, -0.15) is 13.1 Å². The van der Waals surface area contributed by atoms with E-state index in [1.807, 2.05) is 6.92 Å². The highest BCUT2D eigenvalue weighted by atomic mass is 127. The number of hydrogen-bond donors (Lipinski definition) is 1. The zero-order valence-electron chi connectivity index (χ0n) is 12.6. The highest BCUT2D eigenvalue weighted by Gasteiger charge is 2.45. The van der Waals surface area contributed by atoms with Crippen LogP contribution in [0.3, 0.4) is 0 Å². The molecule has 1 rings (SSSR count). The number of nitrogens with zero attached hydrogens (tertiary/aromatic N) is 2. The summed E-state index contributed by atoms with van der Waals surface area (Å²) in [6.07, 6.45) is 0.431. The molecular weight excluding hydrogens is 450 g/mol. The van der Waals surface area contributed by atoms with Gasteiger partial charge in [-0.3, -0.25) is 14.0 Å². The molecule has 0 radical (unpaired) electrons. The first-order valence-corrected chi connectivity index (χ1v) is 11.6. The molecule has 2 unspecified atom stereocenters. The molecule has 1 N–H and O–H groups in total. The van der Waals surface area contributed by atoms with E-state index in [1.165, 1.54) is 4.67 Å². The highest BCUT2D eigenvalue weighted by molar-refractivity contribution is 14.1. The zero-order valence-corrected chi connectivity index (χ0v) is 16.4. The van der Waals surface area contributed by atoms with Crippen molar-refractivity contribution in [2.24, 2.45) is 0 Å². The van der Waals surface area contributed by atoms with Crippen molar-refractivity contribution in [1.82, 2.24) is 9.34 Å². The standard InChI is InChI=1S/C10H22IN2O7PS/c1-3-12(6-5-11)21(15)13(7-9-19-22(2,16)17)10(20-14)4-8-18-21/h10,14H,3-9H2,1-2H3. The van der Waals surface area contributed by atoms with Crippen molar-refractivity contribution in [3.63, 3.8) is 0 Å². The third-order valence-corrected chi connectivity index (χ3v) is 6.99. The molecular formula is C10H22IN2O7PS. The molecule has 0 amide bonds. The lowest BCUT2D eigenvalue weighted by molar-refractivity contribution is -0.309. The fourth-order valence-electron chi connectivity index (χ4n) is 2.12. The fourth-order valence-corrected chi connectivity index (χ4v) is 5.97. The Hall–Kier alpha value is 0.670.